The molecule has 0 amide bonds. The van der Waals surface area contributed by atoms with Crippen LogP contribution in [0.4, 0.5) is 0 Å². The molecule has 2 heteroatoms. The Balaban J connectivity index is 0.00000161. The number of aryl methyl sites for hydroxylation is 2. The largest absolute Gasteiger partial charge is 0.344 e. The molecule has 1 heterocycles. The molecule has 0 saturated heterocycles. The van der Waals surface area contributed by atoms with E-state index in [-0.39, 0.29) is 32.7 Å². The van der Waals surface area contributed by atoms with Crippen molar-refractivity contribution in [3.8, 4) is 11.3 Å². The Bertz CT molecular complexity index is 806. The molecule has 21 heavy (non-hydrogen) atoms. The van der Waals surface area contributed by atoms with Crippen LogP contribution >= 0.6 is 0 Å². The second kappa shape index (κ2) is 6.64. The predicted molar refractivity (Wildman–Crippen MR) is 82.9 cm³/mol. The van der Waals surface area contributed by atoms with Gasteiger partial charge in [-0.3, -0.25) is 5.56 Å². The van der Waals surface area contributed by atoms with Crippen molar-refractivity contribution in [3.63, 3.8) is 0 Å². The number of rotatable bonds is 2. The summed E-state index contributed by atoms with van der Waals surface area (Å²) in [6, 6.07) is 18.1. The Morgan fingerprint density at radius 1 is 1.10 bits per heavy atom. The third-order valence-electron chi connectivity index (χ3n) is 3.73. The molecular formula is C19H16NY-. The predicted octanol–water partition coefficient (Wildman–Crippen LogP) is 3.88. The molecule has 1 nitrogen and oxygen atoms in total. The summed E-state index contributed by atoms with van der Waals surface area (Å²) in [6.45, 7) is 7.77. The monoisotopic (exact) mass is 347 g/mol. The third kappa shape index (κ3) is 3.00. The molecule has 3 aromatic rings. The summed E-state index contributed by atoms with van der Waals surface area (Å²) in [5.74, 6) is 0. The van der Waals surface area contributed by atoms with Crippen LogP contribution < -0.4 is 4.57 Å². The number of hydrogen-bond donors (Lipinski definition) is 0. The van der Waals surface area contributed by atoms with Gasteiger partial charge in [0.1, 0.15) is 18.9 Å². The molecule has 0 atom stereocenters. The molecule has 0 aliphatic carbocycles. The molecule has 2 aromatic carbocycles. The fourth-order valence-electron chi connectivity index (χ4n) is 2.57. The van der Waals surface area contributed by atoms with Crippen molar-refractivity contribution >= 4 is 16.8 Å². The van der Waals surface area contributed by atoms with Crippen LogP contribution in [0.15, 0.2) is 48.7 Å². The van der Waals surface area contributed by atoms with E-state index in [0.29, 0.717) is 0 Å². The van der Waals surface area contributed by atoms with E-state index in [4.69, 9.17) is 6.58 Å². The maximum Gasteiger partial charge on any atom is 0.136 e. The summed E-state index contributed by atoms with van der Waals surface area (Å²) >= 11 is 0. The van der Waals surface area contributed by atoms with Crippen LogP contribution in [0.25, 0.3) is 28.1 Å². The van der Waals surface area contributed by atoms with Crippen LogP contribution in [0.1, 0.15) is 11.1 Å². The number of fused-ring (bicyclic) bond motifs is 1. The van der Waals surface area contributed by atoms with Crippen molar-refractivity contribution in [2.24, 2.45) is 7.05 Å². The van der Waals surface area contributed by atoms with E-state index in [9.17, 15) is 0 Å². The molecule has 0 spiro atoms. The van der Waals surface area contributed by atoms with Gasteiger partial charge in [0.25, 0.3) is 0 Å². The van der Waals surface area contributed by atoms with E-state index in [2.05, 4.69) is 54.0 Å². The standard InChI is InChI=1S/C19H16N.Y/c1-4-15-11-12-20(3)19(13-15)18-10-9-16-7-5-6-8-17(16)14(18)2;/h1,4-12H,2-3H3;/q-1;. The Morgan fingerprint density at radius 2 is 1.86 bits per heavy atom. The maximum absolute atomic E-state index is 5.61. The van der Waals surface area contributed by atoms with Crippen LogP contribution in [-0.4, -0.2) is 0 Å². The van der Waals surface area contributed by atoms with Crippen LogP contribution in [0.5, 0.6) is 0 Å². The molecule has 1 radical (unpaired) electrons. The third-order valence-corrected chi connectivity index (χ3v) is 3.73. The van der Waals surface area contributed by atoms with Crippen molar-refractivity contribution in [1.29, 1.82) is 0 Å². The molecule has 0 bridgehead atoms. The summed E-state index contributed by atoms with van der Waals surface area (Å²) in [5.41, 5.74) is 4.41. The number of benzene rings is 2. The quantitative estimate of drug-likeness (QED) is 0.489. The SMILES string of the molecule is [CH-]=Cc1[c-]c(-c2ccc3ccccc3c2C)[n+](C)cc1.[Y]. The first-order valence-electron chi connectivity index (χ1n) is 6.66. The molecule has 0 saturated carbocycles. The number of hydrogen-bond acceptors (Lipinski definition) is 0. The van der Waals surface area contributed by atoms with Crippen LogP contribution in [0.3, 0.4) is 0 Å². The first-order chi connectivity index (χ1) is 9.70. The normalized spacial score (nSPS) is 10.2. The van der Waals surface area contributed by atoms with E-state index in [1.54, 1.807) is 6.08 Å². The molecule has 101 valence electrons. The molecule has 0 aliphatic rings. The summed E-state index contributed by atoms with van der Waals surface area (Å²) in [6.07, 6.45) is 3.60. The summed E-state index contributed by atoms with van der Waals surface area (Å²) in [5, 5.41) is 2.54. The second-order valence-electron chi connectivity index (χ2n) is 4.98. The number of pyridine rings is 1. The van der Waals surface area contributed by atoms with Gasteiger partial charge in [0.05, 0.1) is 0 Å². The zero-order valence-corrected chi connectivity index (χ0v) is 15.1. The zero-order valence-electron chi connectivity index (χ0n) is 12.3. The van der Waals surface area contributed by atoms with Crippen LogP contribution in [-0.2, 0) is 39.8 Å². The molecule has 1 aromatic heterocycles. The van der Waals surface area contributed by atoms with Gasteiger partial charge in [0, 0.05) is 32.7 Å². The zero-order chi connectivity index (χ0) is 14.1. The van der Waals surface area contributed by atoms with Crippen molar-refractivity contribution in [2.75, 3.05) is 0 Å². The first-order valence-corrected chi connectivity index (χ1v) is 6.66. The minimum absolute atomic E-state index is 0. The van der Waals surface area contributed by atoms with Gasteiger partial charge >= 0.3 is 0 Å². The number of nitrogens with zero attached hydrogens (tertiary/aromatic N) is 1. The minimum Gasteiger partial charge on any atom is -0.344 e. The fourth-order valence-corrected chi connectivity index (χ4v) is 2.57. The second-order valence-corrected chi connectivity index (χ2v) is 4.98. The summed E-state index contributed by atoms with van der Waals surface area (Å²) in [7, 11) is 2.03. The van der Waals surface area contributed by atoms with Crippen molar-refractivity contribution in [3.05, 3.63) is 72.4 Å². The molecule has 3 rings (SSSR count). The van der Waals surface area contributed by atoms with Gasteiger partial charge in [-0.2, -0.15) is 12.1 Å². The molecule has 0 aliphatic heterocycles. The van der Waals surface area contributed by atoms with Gasteiger partial charge in [-0.25, -0.2) is 4.57 Å². The van der Waals surface area contributed by atoms with Crippen LogP contribution in [0, 0.1) is 19.6 Å². The Hall–Kier alpha value is -1.31. The van der Waals surface area contributed by atoms with Gasteiger partial charge in [0.2, 0.25) is 0 Å². The summed E-state index contributed by atoms with van der Waals surface area (Å²) in [4.78, 5) is 0. The van der Waals surface area contributed by atoms with E-state index in [1.165, 1.54) is 21.9 Å². The fraction of sp³-hybridized carbons (Fsp3) is 0.105. The maximum atomic E-state index is 5.61. The van der Waals surface area contributed by atoms with Gasteiger partial charge in [-0.1, -0.05) is 42.0 Å². The summed E-state index contributed by atoms with van der Waals surface area (Å²) < 4.78 is 2.07. The molecule has 0 N–H and O–H groups in total. The molecular weight excluding hydrogens is 331 g/mol. The smallest absolute Gasteiger partial charge is 0.136 e. The van der Waals surface area contributed by atoms with Gasteiger partial charge in [-0.15, -0.1) is 0 Å². The van der Waals surface area contributed by atoms with Crippen molar-refractivity contribution in [2.45, 2.75) is 6.92 Å². The van der Waals surface area contributed by atoms with Crippen molar-refractivity contribution in [1.82, 2.24) is 0 Å². The van der Waals surface area contributed by atoms with E-state index in [1.807, 2.05) is 19.3 Å². The average Bonchev–Trinajstić information content (AvgIpc) is 2.49. The molecule has 0 unspecified atom stereocenters. The topological polar surface area (TPSA) is 3.88 Å². The van der Waals surface area contributed by atoms with Crippen molar-refractivity contribution < 1.29 is 37.3 Å². The molecule has 0 fully saturated rings. The minimum atomic E-state index is 0. The Morgan fingerprint density at radius 3 is 2.62 bits per heavy atom. The Kier molecular flexibility index (Phi) is 5.08. The van der Waals surface area contributed by atoms with E-state index < -0.39 is 0 Å². The number of aromatic nitrogens is 1. The van der Waals surface area contributed by atoms with Gasteiger partial charge in [0.15, 0.2) is 0 Å². The van der Waals surface area contributed by atoms with Crippen LogP contribution in [0.2, 0.25) is 0 Å². The van der Waals surface area contributed by atoms with Gasteiger partial charge < -0.3 is 12.7 Å². The van der Waals surface area contributed by atoms with Gasteiger partial charge in [-0.05, 0) is 23.3 Å². The first kappa shape index (κ1) is 16.1. The van der Waals surface area contributed by atoms with E-state index >= 15 is 0 Å². The van der Waals surface area contributed by atoms with E-state index in [0.717, 1.165) is 11.3 Å². The average molecular weight is 347 g/mol. The Labute approximate surface area is 151 Å².